The smallest absolute Gasteiger partial charge is 0.234 e. The monoisotopic (exact) mass is 377 g/mol. The van der Waals surface area contributed by atoms with Crippen LogP contribution in [0.25, 0.3) is 0 Å². The standard InChI is InChI=1S/C20H28ClN3O2/c1-14(18-5-3-4-6-19(18)21)24(17-7-8-17)13-20(26)22-16-9-11-23(12-10-16)15(2)25/h3-6,14,16-17H,7-13H2,1-2H3,(H,22,26). The van der Waals surface area contributed by atoms with Crippen molar-refractivity contribution in [2.75, 3.05) is 19.6 Å². The van der Waals surface area contributed by atoms with Gasteiger partial charge in [-0.15, -0.1) is 0 Å². The van der Waals surface area contributed by atoms with Crippen LogP contribution >= 0.6 is 11.6 Å². The van der Waals surface area contributed by atoms with Crippen LogP contribution in [0.15, 0.2) is 24.3 Å². The predicted molar refractivity (Wildman–Crippen MR) is 103 cm³/mol. The summed E-state index contributed by atoms with van der Waals surface area (Å²) in [5.41, 5.74) is 1.07. The molecule has 1 aromatic carbocycles. The van der Waals surface area contributed by atoms with Crippen molar-refractivity contribution in [1.82, 2.24) is 15.1 Å². The first-order valence-corrected chi connectivity index (χ1v) is 9.88. The summed E-state index contributed by atoms with van der Waals surface area (Å²) in [6, 6.07) is 8.60. The molecule has 0 bridgehead atoms. The third kappa shape index (κ3) is 4.77. The number of hydrogen-bond acceptors (Lipinski definition) is 3. The molecule has 1 aliphatic heterocycles. The predicted octanol–water partition coefficient (Wildman–Crippen LogP) is 2.99. The number of benzene rings is 1. The minimum atomic E-state index is 0.0667. The van der Waals surface area contributed by atoms with Gasteiger partial charge in [0.25, 0.3) is 0 Å². The third-order valence-corrected chi connectivity index (χ3v) is 5.84. The van der Waals surface area contributed by atoms with Gasteiger partial charge in [0.05, 0.1) is 6.54 Å². The summed E-state index contributed by atoms with van der Waals surface area (Å²) in [6.45, 7) is 5.57. The molecule has 1 saturated heterocycles. The maximum atomic E-state index is 12.6. The summed E-state index contributed by atoms with van der Waals surface area (Å²) < 4.78 is 0. The van der Waals surface area contributed by atoms with Gasteiger partial charge in [-0.25, -0.2) is 0 Å². The molecule has 1 unspecified atom stereocenters. The minimum Gasteiger partial charge on any atom is -0.352 e. The van der Waals surface area contributed by atoms with Crippen LogP contribution in [0, 0.1) is 0 Å². The number of halogens is 1. The Morgan fingerprint density at radius 2 is 1.88 bits per heavy atom. The fourth-order valence-electron chi connectivity index (χ4n) is 3.76. The van der Waals surface area contributed by atoms with Crippen molar-refractivity contribution < 1.29 is 9.59 Å². The second-order valence-corrected chi connectivity index (χ2v) is 7.86. The molecule has 5 nitrogen and oxygen atoms in total. The van der Waals surface area contributed by atoms with Crippen molar-refractivity contribution in [3.05, 3.63) is 34.9 Å². The first kappa shape index (κ1) is 19.2. The van der Waals surface area contributed by atoms with E-state index >= 15 is 0 Å². The Morgan fingerprint density at radius 3 is 2.46 bits per heavy atom. The van der Waals surface area contributed by atoms with Crippen LogP contribution in [-0.2, 0) is 9.59 Å². The number of likely N-dealkylation sites (tertiary alicyclic amines) is 1. The molecule has 2 fully saturated rings. The van der Waals surface area contributed by atoms with Gasteiger partial charge in [0, 0.05) is 43.2 Å². The average molecular weight is 378 g/mol. The molecule has 1 saturated carbocycles. The molecule has 2 amide bonds. The number of carbonyl (C=O) groups excluding carboxylic acids is 2. The van der Waals surface area contributed by atoms with Crippen LogP contribution in [0.1, 0.15) is 51.1 Å². The second kappa shape index (κ2) is 8.40. The highest BCUT2D eigenvalue weighted by atomic mass is 35.5. The zero-order valence-electron chi connectivity index (χ0n) is 15.6. The zero-order valence-corrected chi connectivity index (χ0v) is 16.3. The Kier molecular flexibility index (Phi) is 6.20. The van der Waals surface area contributed by atoms with Crippen molar-refractivity contribution in [3.63, 3.8) is 0 Å². The van der Waals surface area contributed by atoms with E-state index in [1.165, 1.54) is 0 Å². The Labute approximate surface area is 160 Å². The molecule has 1 atom stereocenters. The van der Waals surface area contributed by atoms with Gasteiger partial charge in [0.2, 0.25) is 11.8 Å². The Bertz CT molecular complexity index is 654. The number of piperidine rings is 1. The lowest BCUT2D eigenvalue weighted by molar-refractivity contribution is -0.130. The first-order valence-electron chi connectivity index (χ1n) is 9.50. The molecule has 6 heteroatoms. The number of nitrogens with zero attached hydrogens (tertiary/aromatic N) is 2. The van der Waals surface area contributed by atoms with E-state index in [1.54, 1.807) is 6.92 Å². The van der Waals surface area contributed by atoms with Crippen molar-refractivity contribution >= 4 is 23.4 Å². The summed E-state index contributed by atoms with van der Waals surface area (Å²) in [4.78, 5) is 28.1. The van der Waals surface area contributed by atoms with Crippen molar-refractivity contribution in [3.8, 4) is 0 Å². The van der Waals surface area contributed by atoms with Gasteiger partial charge < -0.3 is 10.2 Å². The number of hydrogen-bond donors (Lipinski definition) is 1. The summed E-state index contributed by atoms with van der Waals surface area (Å²) in [5.74, 6) is 0.181. The molecular weight excluding hydrogens is 350 g/mol. The van der Waals surface area contributed by atoms with Crippen LogP contribution in [0.4, 0.5) is 0 Å². The highest BCUT2D eigenvalue weighted by Crippen LogP contribution is 2.36. The molecule has 26 heavy (non-hydrogen) atoms. The second-order valence-electron chi connectivity index (χ2n) is 7.45. The van der Waals surface area contributed by atoms with Crippen molar-refractivity contribution in [1.29, 1.82) is 0 Å². The lowest BCUT2D eigenvalue weighted by Crippen LogP contribution is -2.48. The van der Waals surface area contributed by atoms with E-state index in [1.807, 2.05) is 29.2 Å². The molecule has 0 radical (unpaired) electrons. The van der Waals surface area contributed by atoms with Crippen molar-refractivity contribution in [2.24, 2.45) is 0 Å². The van der Waals surface area contributed by atoms with Gasteiger partial charge in [0.15, 0.2) is 0 Å². The Hall–Kier alpha value is -1.59. The molecule has 0 aromatic heterocycles. The van der Waals surface area contributed by atoms with Gasteiger partial charge in [0.1, 0.15) is 0 Å². The van der Waals surface area contributed by atoms with E-state index in [4.69, 9.17) is 11.6 Å². The van der Waals surface area contributed by atoms with Crippen LogP contribution in [-0.4, -0.2) is 53.3 Å². The molecule has 142 valence electrons. The lowest BCUT2D eigenvalue weighted by atomic mass is 10.0. The normalized spacial score (nSPS) is 19.5. The Morgan fingerprint density at radius 1 is 1.23 bits per heavy atom. The fraction of sp³-hybridized carbons (Fsp3) is 0.600. The largest absolute Gasteiger partial charge is 0.352 e. The number of carbonyl (C=O) groups is 2. The molecule has 1 aliphatic carbocycles. The topological polar surface area (TPSA) is 52.7 Å². The van der Waals surface area contributed by atoms with Gasteiger partial charge in [-0.3, -0.25) is 14.5 Å². The first-order chi connectivity index (χ1) is 12.5. The van der Waals surface area contributed by atoms with Gasteiger partial charge in [-0.2, -0.15) is 0 Å². The summed E-state index contributed by atoms with van der Waals surface area (Å²) in [7, 11) is 0. The van der Waals surface area contributed by atoms with Crippen LogP contribution in [0.2, 0.25) is 5.02 Å². The van der Waals surface area contributed by atoms with Gasteiger partial charge in [-0.1, -0.05) is 29.8 Å². The molecule has 2 aliphatic rings. The van der Waals surface area contributed by atoms with Crippen LogP contribution in [0.3, 0.4) is 0 Å². The van der Waals surface area contributed by atoms with E-state index < -0.39 is 0 Å². The van der Waals surface area contributed by atoms with E-state index in [2.05, 4.69) is 17.1 Å². The quantitative estimate of drug-likeness (QED) is 0.829. The van der Waals surface area contributed by atoms with E-state index in [9.17, 15) is 9.59 Å². The lowest BCUT2D eigenvalue weighted by Gasteiger charge is -2.33. The minimum absolute atomic E-state index is 0.0667. The van der Waals surface area contributed by atoms with Crippen molar-refractivity contribution in [2.45, 2.75) is 57.7 Å². The fourth-order valence-corrected chi connectivity index (χ4v) is 4.05. The summed E-state index contributed by atoms with van der Waals surface area (Å²) >= 11 is 6.36. The molecule has 0 spiro atoms. The third-order valence-electron chi connectivity index (χ3n) is 5.50. The van der Waals surface area contributed by atoms with E-state index in [0.29, 0.717) is 12.6 Å². The maximum Gasteiger partial charge on any atom is 0.234 e. The average Bonchev–Trinajstić information content (AvgIpc) is 3.45. The SMILES string of the molecule is CC(=O)N1CCC(NC(=O)CN(C2CC2)C(C)c2ccccc2Cl)CC1. The van der Waals surface area contributed by atoms with E-state index in [0.717, 1.165) is 49.4 Å². The molecule has 1 N–H and O–H groups in total. The number of amides is 2. The summed E-state index contributed by atoms with van der Waals surface area (Å²) in [6.07, 6.45) is 3.93. The van der Waals surface area contributed by atoms with E-state index in [-0.39, 0.29) is 23.9 Å². The highest BCUT2D eigenvalue weighted by Gasteiger charge is 2.35. The molecule has 1 aromatic rings. The van der Waals surface area contributed by atoms with Crippen LogP contribution < -0.4 is 5.32 Å². The summed E-state index contributed by atoms with van der Waals surface area (Å²) in [5, 5.41) is 3.91. The van der Waals surface area contributed by atoms with Gasteiger partial charge >= 0.3 is 0 Å². The molecule has 1 heterocycles. The number of nitrogens with one attached hydrogen (secondary N) is 1. The maximum absolute atomic E-state index is 12.6. The van der Waals surface area contributed by atoms with Crippen LogP contribution in [0.5, 0.6) is 0 Å². The molecular formula is C20H28ClN3O2. The Balaban J connectivity index is 1.56. The molecule has 3 rings (SSSR count). The highest BCUT2D eigenvalue weighted by molar-refractivity contribution is 6.31. The van der Waals surface area contributed by atoms with Gasteiger partial charge in [-0.05, 0) is 44.2 Å². The zero-order chi connectivity index (χ0) is 18.7. The number of rotatable bonds is 6.